The van der Waals surface area contributed by atoms with Crippen molar-refractivity contribution in [2.45, 2.75) is 0 Å². The molecule has 0 heterocycles. The summed E-state index contributed by atoms with van der Waals surface area (Å²) >= 11 is 3.31. The fourth-order valence-electron chi connectivity index (χ4n) is 2.51. The molecular weight excluding hydrogens is 446 g/mol. The van der Waals surface area contributed by atoms with Crippen LogP contribution in [0.3, 0.4) is 0 Å². The highest BCUT2D eigenvalue weighted by molar-refractivity contribution is 9.10. The Morgan fingerprint density at radius 3 is 2.30 bits per heavy atom. The first kappa shape index (κ1) is 21.0. The monoisotopic (exact) mass is 463 g/mol. The number of benzene rings is 3. The Balaban J connectivity index is 1.79. The van der Waals surface area contributed by atoms with Crippen LogP contribution in [0, 0.1) is 0 Å². The molecule has 0 aliphatic rings. The molecule has 2 amide bonds. The number of amides is 2. The molecule has 150 valence electrons. The van der Waals surface area contributed by atoms with Crippen LogP contribution in [0.5, 0.6) is 5.75 Å². The molecule has 3 N–H and O–H groups in total. The number of hydrazone groups is 1. The van der Waals surface area contributed by atoms with Crippen molar-refractivity contribution in [3.63, 3.8) is 0 Å². The summed E-state index contributed by atoms with van der Waals surface area (Å²) in [5.41, 5.74) is 4.00. The van der Waals surface area contributed by atoms with Gasteiger partial charge in [0.2, 0.25) is 0 Å². The Morgan fingerprint density at radius 2 is 1.60 bits per heavy atom. The Bertz CT molecular complexity index is 1100. The molecule has 0 aromatic heterocycles. The number of halogens is 1. The first-order valence-corrected chi connectivity index (χ1v) is 9.77. The van der Waals surface area contributed by atoms with Crippen molar-refractivity contribution in [3.05, 3.63) is 106 Å². The number of nitrogens with one attached hydrogen (secondary N) is 2. The number of carbonyl (C=O) groups excluding carboxylic acids is 2. The van der Waals surface area contributed by atoms with Gasteiger partial charge in [-0.05, 0) is 42.0 Å². The summed E-state index contributed by atoms with van der Waals surface area (Å²) in [6.45, 7) is 0. The van der Waals surface area contributed by atoms with Gasteiger partial charge in [-0.2, -0.15) is 5.10 Å². The number of carbonyl (C=O) groups is 2. The lowest BCUT2D eigenvalue weighted by atomic mass is 10.1. The van der Waals surface area contributed by atoms with Gasteiger partial charge < -0.3 is 10.4 Å². The normalized spacial score (nSPS) is 11.3. The smallest absolute Gasteiger partial charge is 0.287 e. The first-order chi connectivity index (χ1) is 14.5. The largest absolute Gasteiger partial charge is 0.507 e. The Labute approximate surface area is 182 Å². The minimum Gasteiger partial charge on any atom is -0.507 e. The number of nitrogens with zero attached hydrogens (tertiary/aromatic N) is 1. The summed E-state index contributed by atoms with van der Waals surface area (Å²) in [6.07, 6.45) is 2.87. The predicted octanol–water partition coefficient (Wildman–Crippen LogP) is 4.08. The van der Waals surface area contributed by atoms with Gasteiger partial charge in [0.15, 0.2) is 0 Å². The van der Waals surface area contributed by atoms with Crippen molar-refractivity contribution in [1.82, 2.24) is 10.7 Å². The summed E-state index contributed by atoms with van der Waals surface area (Å²) < 4.78 is 0.757. The third kappa shape index (κ3) is 5.89. The van der Waals surface area contributed by atoms with Gasteiger partial charge in [0.25, 0.3) is 11.8 Å². The van der Waals surface area contributed by atoms with Crippen molar-refractivity contribution in [2.24, 2.45) is 5.10 Å². The summed E-state index contributed by atoms with van der Waals surface area (Å²) in [5.74, 6) is -0.996. The van der Waals surface area contributed by atoms with Gasteiger partial charge in [-0.15, -0.1) is 0 Å². The van der Waals surface area contributed by atoms with Gasteiger partial charge in [0, 0.05) is 15.6 Å². The minimum absolute atomic E-state index is 0.0219. The zero-order valence-corrected chi connectivity index (χ0v) is 17.3. The van der Waals surface area contributed by atoms with E-state index in [0.29, 0.717) is 11.1 Å². The molecule has 0 fully saturated rings. The van der Waals surface area contributed by atoms with Crippen LogP contribution in [0.2, 0.25) is 0 Å². The van der Waals surface area contributed by atoms with E-state index in [4.69, 9.17) is 0 Å². The van der Waals surface area contributed by atoms with Gasteiger partial charge in [0.1, 0.15) is 11.4 Å². The average molecular weight is 464 g/mol. The second-order valence-corrected chi connectivity index (χ2v) is 7.11. The maximum atomic E-state index is 12.7. The van der Waals surface area contributed by atoms with Crippen LogP contribution < -0.4 is 10.7 Å². The molecule has 0 saturated heterocycles. The fourth-order valence-corrected chi connectivity index (χ4v) is 2.89. The molecule has 0 aliphatic heterocycles. The lowest BCUT2D eigenvalue weighted by Gasteiger charge is -2.09. The van der Waals surface area contributed by atoms with E-state index in [1.807, 2.05) is 30.3 Å². The molecule has 3 aromatic rings. The number of hydrogen-bond acceptors (Lipinski definition) is 4. The van der Waals surface area contributed by atoms with E-state index in [1.54, 1.807) is 48.5 Å². The molecule has 3 rings (SSSR count). The molecule has 30 heavy (non-hydrogen) atoms. The molecule has 0 radical (unpaired) electrons. The van der Waals surface area contributed by atoms with E-state index in [1.165, 1.54) is 12.3 Å². The first-order valence-electron chi connectivity index (χ1n) is 8.98. The zero-order valence-electron chi connectivity index (χ0n) is 15.7. The van der Waals surface area contributed by atoms with E-state index in [2.05, 4.69) is 31.8 Å². The van der Waals surface area contributed by atoms with E-state index < -0.39 is 11.8 Å². The summed E-state index contributed by atoms with van der Waals surface area (Å²) in [6, 6.07) is 22.6. The number of aromatic hydroxyl groups is 1. The van der Waals surface area contributed by atoms with Gasteiger partial charge in [-0.3, -0.25) is 9.59 Å². The molecule has 0 spiro atoms. The van der Waals surface area contributed by atoms with Gasteiger partial charge in [0.05, 0.1) is 6.21 Å². The quantitative estimate of drug-likeness (QED) is 0.292. The molecule has 0 aliphatic carbocycles. The van der Waals surface area contributed by atoms with Crippen molar-refractivity contribution in [1.29, 1.82) is 0 Å². The predicted molar refractivity (Wildman–Crippen MR) is 120 cm³/mol. The number of phenolic OH excluding ortho intramolecular Hbond substituents is 1. The molecule has 0 bridgehead atoms. The van der Waals surface area contributed by atoms with Crippen LogP contribution in [-0.4, -0.2) is 23.1 Å². The van der Waals surface area contributed by atoms with E-state index in [-0.39, 0.29) is 11.4 Å². The molecule has 7 heteroatoms. The molecule has 6 nitrogen and oxygen atoms in total. The molecular formula is C23H18BrN3O3. The Morgan fingerprint density at radius 1 is 0.933 bits per heavy atom. The van der Waals surface area contributed by atoms with Crippen LogP contribution in [0.4, 0.5) is 0 Å². The van der Waals surface area contributed by atoms with Gasteiger partial charge >= 0.3 is 0 Å². The van der Waals surface area contributed by atoms with Crippen molar-refractivity contribution >= 4 is 40.0 Å². The molecule has 0 saturated carbocycles. The Kier molecular flexibility index (Phi) is 7.13. The summed E-state index contributed by atoms with van der Waals surface area (Å²) in [4.78, 5) is 25.2. The number of rotatable bonds is 6. The second kappa shape index (κ2) is 10.2. The van der Waals surface area contributed by atoms with Crippen molar-refractivity contribution in [3.8, 4) is 5.75 Å². The Hall–Kier alpha value is -3.71. The number of hydrogen-bond donors (Lipinski definition) is 3. The highest BCUT2D eigenvalue weighted by atomic mass is 79.9. The van der Waals surface area contributed by atoms with E-state index in [0.717, 1.165) is 10.0 Å². The van der Waals surface area contributed by atoms with Crippen molar-refractivity contribution in [2.75, 3.05) is 0 Å². The van der Waals surface area contributed by atoms with Crippen LogP contribution in [0.15, 0.2) is 94.1 Å². The van der Waals surface area contributed by atoms with Gasteiger partial charge in [-0.25, -0.2) is 5.43 Å². The van der Waals surface area contributed by atoms with E-state index in [9.17, 15) is 14.7 Å². The third-order valence-electron chi connectivity index (χ3n) is 4.00. The molecule has 3 aromatic carbocycles. The standard InChI is InChI=1S/C23H18BrN3O3/c24-19-11-12-21(28)18(14-19)15-25-27-23(30)20(13-16-7-3-1-4-8-16)26-22(29)17-9-5-2-6-10-17/h1-15,28H,(H,26,29)(H,27,30)/b20-13-,25-15-. The fraction of sp³-hybridized carbons (Fsp3) is 0. The zero-order chi connectivity index (χ0) is 21.3. The maximum absolute atomic E-state index is 12.7. The van der Waals surface area contributed by atoms with Crippen LogP contribution in [0.25, 0.3) is 6.08 Å². The SMILES string of the molecule is O=C(N/N=C\c1cc(Br)ccc1O)/C(=C/c1ccccc1)NC(=O)c1ccccc1. The van der Waals surface area contributed by atoms with E-state index >= 15 is 0 Å². The molecule has 0 atom stereocenters. The second-order valence-electron chi connectivity index (χ2n) is 6.19. The van der Waals surface area contributed by atoms with Crippen molar-refractivity contribution < 1.29 is 14.7 Å². The topological polar surface area (TPSA) is 90.8 Å². The molecule has 0 unspecified atom stereocenters. The highest BCUT2D eigenvalue weighted by Crippen LogP contribution is 2.20. The van der Waals surface area contributed by atoms with Crippen LogP contribution >= 0.6 is 15.9 Å². The number of phenols is 1. The lowest BCUT2D eigenvalue weighted by molar-refractivity contribution is -0.117. The highest BCUT2D eigenvalue weighted by Gasteiger charge is 2.14. The van der Waals surface area contributed by atoms with Crippen LogP contribution in [-0.2, 0) is 4.79 Å². The lowest BCUT2D eigenvalue weighted by Crippen LogP contribution is -2.32. The minimum atomic E-state index is -0.603. The summed E-state index contributed by atoms with van der Waals surface area (Å²) in [7, 11) is 0. The van der Waals surface area contributed by atoms with Crippen LogP contribution in [0.1, 0.15) is 21.5 Å². The van der Waals surface area contributed by atoms with Gasteiger partial charge in [-0.1, -0.05) is 64.5 Å². The average Bonchev–Trinajstić information content (AvgIpc) is 2.77. The summed E-state index contributed by atoms with van der Waals surface area (Å²) in [5, 5.41) is 16.4. The third-order valence-corrected chi connectivity index (χ3v) is 4.49. The maximum Gasteiger partial charge on any atom is 0.287 e.